The van der Waals surface area contributed by atoms with Gasteiger partial charge in [0.25, 0.3) is 6.43 Å². The maximum absolute atomic E-state index is 12.6. The van der Waals surface area contributed by atoms with Crippen LogP contribution in [-0.4, -0.2) is 11.1 Å². The van der Waals surface area contributed by atoms with Crippen molar-refractivity contribution in [3.05, 3.63) is 34.9 Å². The van der Waals surface area contributed by atoms with Crippen molar-refractivity contribution in [1.82, 2.24) is 0 Å². The van der Waals surface area contributed by atoms with Crippen molar-refractivity contribution in [1.29, 1.82) is 0 Å². The Bertz CT molecular complexity index is 364. The molecule has 1 nitrogen and oxygen atoms in total. The average molecular weight is 277 g/mol. The third-order valence-electron chi connectivity index (χ3n) is 2.14. The largest absolute Gasteiger partial charge is 0.294 e. The summed E-state index contributed by atoms with van der Waals surface area (Å²) in [5, 5.41) is 0.489. The first-order valence-electron chi connectivity index (χ1n) is 4.54. The van der Waals surface area contributed by atoms with Crippen LogP contribution in [0.5, 0.6) is 0 Å². The molecule has 0 amide bonds. The van der Waals surface area contributed by atoms with Gasteiger partial charge in [-0.3, -0.25) is 4.79 Å². The van der Waals surface area contributed by atoms with Gasteiger partial charge in [0.15, 0.2) is 5.78 Å². The Morgan fingerprint density at radius 2 is 2.13 bits per heavy atom. The summed E-state index contributed by atoms with van der Waals surface area (Å²) in [4.78, 5) is 11.6. The van der Waals surface area contributed by atoms with Crippen molar-refractivity contribution in [3.63, 3.8) is 0 Å². The van der Waals surface area contributed by atoms with Gasteiger partial charge in [0.1, 0.15) is 0 Å². The highest BCUT2D eigenvalue weighted by Gasteiger charge is 2.19. The number of ketones is 1. The van der Waals surface area contributed by atoms with Gasteiger partial charge in [-0.1, -0.05) is 34.1 Å². The highest BCUT2D eigenvalue weighted by Crippen LogP contribution is 2.26. The molecule has 1 aromatic carbocycles. The molecule has 0 saturated carbocycles. The summed E-state index contributed by atoms with van der Waals surface area (Å²) in [6.45, 7) is 1.67. The van der Waals surface area contributed by atoms with E-state index in [0.717, 1.165) is 0 Å². The summed E-state index contributed by atoms with van der Waals surface area (Å²) in [5.41, 5.74) is 0.617. The third-order valence-corrected chi connectivity index (χ3v) is 2.54. The van der Waals surface area contributed by atoms with Crippen LogP contribution in [0, 0.1) is 6.92 Å². The minimum Gasteiger partial charge on any atom is -0.294 e. The summed E-state index contributed by atoms with van der Waals surface area (Å²) in [6, 6.07) is 4.52. The Hall–Kier alpha value is -0.770. The van der Waals surface area contributed by atoms with Crippen LogP contribution in [0.4, 0.5) is 8.78 Å². The first-order chi connectivity index (χ1) is 7.07. The van der Waals surface area contributed by atoms with E-state index < -0.39 is 6.43 Å². The first-order valence-corrected chi connectivity index (χ1v) is 5.67. The van der Waals surface area contributed by atoms with Gasteiger partial charge in [-0.25, -0.2) is 8.78 Å². The van der Waals surface area contributed by atoms with E-state index in [9.17, 15) is 13.6 Å². The molecular formula is C11H11BrF2O. The Morgan fingerprint density at radius 3 is 2.67 bits per heavy atom. The lowest BCUT2D eigenvalue weighted by molar-refractivity contribution is 0.0975. The molecule has 0 radical (unpaired) electrons. The van der Waals surface area contributed by atoms with Crippen LogP contribution >= 0.6 is 15.9 Å². The van der Waals surface area contributed by atoms with Gasteiger partial charge in [-0.2, -0.15) is 0 Å². The fourth-order valence-corrected chi connectivity index (χ4v) is 1.82. The standard InChI is InChI=1S/C11H11BrF2O/c1-7-3-2-4-8(11(13)14)10(7)9(15)5-6-12/h2-4,11H,5-6H2,1H3. The van der Waals surface area contributed by atoms with E-state index >= 15 is 0 Å². The zero-order valence-electron chi connectivity index (χ0n) is 8.27. The molecule has 1 rings (SSSR count). The maximum Gasteiger partial charge on any atom is 0.264 e. The number of aryl methyl sites for hydroxylation is 1. The van der Waals surface area contributed by atoms with Gasteiger partial charge in [0, 0.05) is 22.9 Å². The zero-order chi connectivity index (χ0) is 11.4. The van der Waals surface area contributed by atoms with Crippen LogP contribution in [0.15, 0.2) is 18.2 Å². The van der Waals surface area contributed by atoms with Gasteiger partial charge >= 0.3 is 0 Å². The van der Waals surface area contributed by atoms with E-state index in [4.69, 9.17) is 0 Å². The van der Waals surface area contributed by atoms with Gasteiger partial charge < -0.3 is 0 Å². The van der Waals surface area contributed by atoms with E-state index in [1.54, 1.807) is 19.1 Å². The SMILES string of the molecule is Cc1cccc(C(F)F)c1C(=O)CCBr. The third kappa shape index (κ3) is 2.84. The van der Waals surface area contributed by atoms with Gasteiger partial charge in [-0.05, 0) is 12.5 Å². The number of rotatable bonds is 4. The molecular weight excluding hydrogens is 266 g/mol. The average Bonchev–Trinajstić information content (AvgIpc) is 2.17. The topological polar surface area (TPSA) is 17.1 Å². The van der Waals surface area contributed by atoms with Crippen LogP contribution in [0.25, 0.3) is 0 Å². The number of carbonyl (C=O) groups is 1. The molecule has 15 heavy (non-hydrogen) atoms. The van der Waals surface area contributed by atoms with Gasteiger partial charge in [-0.15, -0.1) is 0 Å². The highest BCUT2D eigenvalue weighted by molar-refractivity contribution is 9.09. The molecule has 0 saturated heterocycles. The lowest BCUT2D eigenvalue weighted by Gasteiger charge is -2.10. The van der Waals surface area contributed by atoms with E-state index in [0.29, 0.717) is 10.9 Å². The number of halogens is 3. The number of hydrogen-bond acceptors (Lipinski definition) is 1. The molecule has 0 unspecified atom stereocenters. The van der Waals surface area contributed by atoms with Crippen LogP contribution in [-0.2, 0) is 0 Å². The molecule has 82 valence electrons. The second kappa shape index (κ2) is 5.35. The first kappa shape index (κ1) is 12.3. The Balaban J connectivity index is 3.18. The second-order valence-corrected chi connectivity index (χ2v) is 3.99. The normalized spacial score (nSPS) is 10.7. The number of benzene rings is 1. The van der Waals surface area contributed by atoms with Crippen molar-refractivity contribution in [2.75, 3.05) is 5.33 Å². The fourth-order valence-electron chi connectivity index (χ4n) is 1.46. The summed E-state index contributed by atoms with van der Waals surface area (Å²) < 4.78 is 25.3. The predicted octanol–water partition coefficient (Wildman–Crippen LogP) is 3.90. The van der Waals surface area contributed by atoms with Crippen molar-refractivity contribution >= 4 is 21.7 Å². The van der Waals surface area contributed by atoms with E-state index in [1.807, 2.05) is 0 Å². The molecule has 1 aromatic rings. The Morgan fingerprint density at radius 1 is 1.47 bits per heavy atom. The fraction of sp³-hybridized carbons (Fsp3) is 0.364. The number of Topliss-reactive ketones (excluding diaryl/α,β-unsaturated/α-hetero) is 1. The van der Waals surface area contributed by atoms with E-state index in [-0.39, 0.29) is 23.3 Å². The van der Waals surface area contributed by atoms with Crippen LogP contribution in [0.2, 0.25) is 0 Å². The van der Waals surface area contributed by atoms with E-state index in [2.05, 4.69) is 15.9 Å². The molecule has 0 aliphatic heterocycles. The summed E-state index contributed by atoms with van der Waals surface area (Å²) in [6.07, 6.45) is -2.36. The molecule has 0 fully saturated rings. The quantitative estimate of drug-likeness (QED) is 0.602. The molecule has 0 heterocycles. The summed E-state index contributed by atoms with van der Waals surface area (Å²) in [7, 11) is 0. The van der Waals surface area contributed by atoms with Gasteiger partial charge in [0.2, 0.25) is 0 Å². The molecule has 0 spiro atoms. The second-order valence-electron chi connectivity index (χ2n) is 3.20. The minimum absolute atomic E-state index is 0.166. The maximum atomic E-state index is 12.6. The number of carbonyl (C=O) groups excluding carboxylic acids is 1. The molecule has 0 N–H and O–H groups in total. The molecule has 0 aliphatic rings. The molecule has 0 aromatic heterocycles. The van der Waals surface area contributed by atoms with Crippen molar-refractivity contribution in [2.24, 2.45) is 0 Å². The Labute approximate surface area is 95.6 Å². The lowest BCUT2D eigenvalue weighted by Crippen LogP contribution is -2.07. The summed E-state index contributed by atoms with van der Waals surface area (Å²) >= 11 is 3.13. The van der Waals surface area contributed by atoms with Crippen LogP contribution in [0.1, 0.15) is 34.3 Å². The number of hydrogen-bond donors (Lipinski definition) is 0. The summed E-state index contributed by atoms with van der Waals surface area (Å²) in [5.74, 6) is -0.236. The van der Waals surface area contributed by atoms with Crippen molar-refractivity contribution in [2.45, 2.75) is 19.8 Å². The van der Waals surface area contributed by atoms with Crippen LogP contribution in [0.3, 0.4) is 0 Å². The van der Waals surface area contributed by atoms with Crippen molar-refractivity contribution in [3.8, 4) is 0 Å². The van der Waals surface area contributed by atoms with E-state index in [1.165, 1.54) is 6.07 Å². The Kier molecular flexibility index (Phi) is 4.39. The monoisotopic (exact) mass is 276 g/mol. The number of alkyl halides is 3. The molecule has 4 heteroatoms. The molecule has 0 aliphatic carbocycles. The zero-order valence-corrected chi connectivity index (χ0v) is 9.85. The minimum atomic E-state index is -2.60. The molecule has 0 bridgehead atoms. The predicted molar refractivity (Wildman–Crippen MR) is 58.9 cm³/mol. The van der Waals surface area contributed by atoms with Gasteiger partial charge in [0.05, 0.1) is 0 Å². The molecule has 0 atom stereocenters. The highest BCUT2D eigenvalue weighted by atomic mass is 79.9. The van der Waals surface area contributed by atoms with Crippen LogP contribution < -0.4 is 0 Å². The lowest BCUT2D eigenvalue weighted by atomic mass is 9.97. The smallest absolute Gasteiger partial charge is 0.264 e. The van der Waals surface area contributed by atoms with Crippen molar-refractivity contribution < 1.29 is 13.6 Å².